The zero-order valence-corrected chi connectivity index (χ0v) is 11.1. The van der Waals surface area contributed by atoms with Crippen molar-refractivity contribution in [1.29, 1.82) is 0 Å². The van der Waals surface area contributed by atoms with Crippen LogP contribution in [0.2, 0.25) is 0 Å². The molecule has 2 aromatic heterocycles. The molecular formula is C13H13NO4S. The molecule has 0 saturated heterocycles. The maximum absolute atomic E-state index is 11.6. The Hall–Kier alpha value is -2.08. The van der Waals surface area contributed by atoms with Crippen LogP contribution in [0.4, 0.5) is 0 Å². The zero-order valence-electron chi connectivity index (χ0n) is 10.3. The van der Waals surface area contributed by atoms with Gasteiger partial charge in [0.2, 0.25) is 5.91 Å². The minimum Gasteiger partial charge on any atom is -0.478 e. The Morgan fingerprint density at radius 3 is 2.84 bits per heavy atom. The predicted molar refractivity (Wildman–Crippen MR) is 70.3 cm³/mol. The lowest BCUT2D eigenvalue weighted by atomic mass is 10.2. The Labute approximate surface area is 113 Å². The molecule has 0 saturated carbocycles. The van der Waals surface area contributed by atoms with Crippen LogP contribution in [-0.2, 0) is 17.8 Å². The van der Waals surface area contributed by atoms with Crippen molar-refractivity contribution in [3.05, 3.63) is 45.5 Å². The number of carbonyl (C=O) groups is 2. The molecule has 5 nitrogen and oxygen atoms in total. The molecule has 19 heavy (non-hydrogen) atoms. The molecule has 0 unspecified atom stereocenters. The molecule has 0 radical (unpaired) electrons. The summed E-state index contributed by atoms with van der Waals surface area (Å²) in [6, 6.07) is 3.33. The summed E-state index contributed by atoms with van der Waals surface area (Å²) in [5, 5.41) is 15.4. The van der Waals surface area contributed by atoms with Crippen molar-refractivity contribution < 1.29 is 19.1 Å². The Balaban J connectivity index is 1.90. The van der Waals surface area contributed by atoms with Crippen molar-refractivity contribution in [1.82, 2.24) is 5.32 Å². The van der Waals surface area contributed by atoms with Gasteiger partial charge in [0.15, 0.2) is 0 Å². The zero-order chi connectivity index (χ0) is 13.8. The third-order valence-corrected chi connectivity index (χ3v) is 3.34. The number of hydrogen-bond acceptors (Lipinski definition) is 4. The molecule has 0 spiro atoms. The van der Waals surface area contributed by atoms with Gasteiger partial charge in [-0.3, -0.25) is 4.79 Å². The van der Waals surface area contributed by atoms with Gasteiger partial charge in [-0.1, -0.05) is 0 Å². The predicted octanol–water partition coefficient (Wildman–Crippen LogP) is 2.21. The maximum Gasteiger partial charge on any atom is 0.339 e. The number of aryl methyl sites for hydroxylation is 1. The first-order chi connectivity index (χ1) is 9.06. The number of rotatable bonds is 5. The van der Waals surface area contributed by atoms with Crippen molar-refractivity contribution in [3.63, 3.8) is 0 Å². The largest absolute Gasteiger partial charge is 0.478 e. The van der Waals surface area contributed by atoms with Gasteiger partial charge in [0.1, 0.15) is 17.1 Å². The van der Waals surface area contributed by atoms with E-state index >= 15 is 0 Å². The Morgan fingerprint density at radius 1 is 1.47 bits per heavy atom. The second-order valence-corrected chi connectivity index (χ2v) is 4.85. The van der Waals surface area contributed by atoms with Crippen LogP contribution in [0, 0.1) is 6.92 Å². The molecule has 0 bridgehead atoms. The third kappa shape index (κ3) is 3.45. The van der Waals surface area contributed by atoms with Gasteiger partial charge in [-0.25, -0.2) is 4.79 Å². The third-order valence-electron chi connectivity index (χ3n) is 2.60. The van der Waals surface area contributed by atoms with Crippen LogP contribution in [0.25, 0.3) is 0 Å². The van der Waals surface area contributed by atoms with Gasteiger partial charge >= 0.3 is 5.97 Å². The molecular weight excluding hydrogens is 266 g/mol. The molecule has 0 aliphatic rings. The standard InChI is InChI=1S/C13H13NO4S/c1-8-11(13(16)17)5-10(18-8)6-14-12(15)4-9-2-3-19-7-9/h2-3,5,7H,4,6H2,1H3,(H,14,15)(H,16,17). The van der Waals surface area contributed by atoms with Crippen molar-refractivity contribution in [3.8, 4) is 0 Å². The summed E-state index contributed by atoms with van der Waals surface area (Å²) >= 11 is 1.54. The number of hydrogen-bond donors (Lipinski definition) is 2. The van der Waals surface area contributed by atoms with Crippen molar-refractivity contribution >= 4 is 23.2 Å². The van der Waals surface area contributed by atoms with Crippen LogP contribution in [0.5, 0.6) is 0 Å². The van der Waals surface area contributed by atoms with Gasteiger partial charge < -0.3 is 14.8 Å². The SMILES string of the molecule is Cc1oc(CNC(=O)Cc2ccsc2)cc1C(=O)O. The Morgan fingerprint density at radius 2 is 2.26 bits per heavy atom. The average Bonchev–Trinajstić information content (AvgIpc) is 2.96. The fraction of sp³-hybridized carbons (Fsp3) is 0.231. The lowest BCUT2D eigenvalue weighted by Crippen LogP contribution is -2.24. The van der Waals surface area contributed by atoms with Crippen molar-refractivity contribution in [2.45, 2.75) is 19.9 Å². The molecule has 0 aliphatic carbocycles. The van der Waals surface area contributed by atoms with Crippen molar-refractivity contribution in [2.75, 3.05) is 0 Å². The fourth-order valence-corrected chi connectivity index (χ4v) is 2.34. The fourth-order valence-electron chi connectivity index (χ4n) is 1.67. The van der Waals surface area contributed by atoms with E-state index in [1.165, 1.54) is 6.07 Å². The minimum absolute atomic E-state index is 0.121. The van der Waals surface area contributed by atoms with Crippen LogP contribution in [0.15, 0.2) is 27.3 Å². The topological polar surface area (TPSA) is 79.5 Å². The van der Waals surface area contributed by atoms with E-state index in [1.54, 1.807) is 18.3 Å². The van der Waals surface area contributed by atoms with Crippen molar-refractivity contribution in [2.24, 2.45) is 0 Å². The Bertz CT molecular complexity index is 586. The lowest BCUT2D eigenvalue weighted by Gasteiger charge is -2.01. The Kier molecular flexibility index (Phi) is 4.01. The molecule has 2 rings (SSSR count). The number of carboxylic acid groups (broad SMARTS) is 1. The first-order valence-electron chi connectivity index (χ1n) is 5.66. The van der Waals surface area contributed by atoms with Gasteiger partial charge in [0, 0.05) is 0 Å². The first kappa shape index (κ1) is 13.4. The van der Waals surface area contributed by atoms with E-state index in [1.807, 2.05) is 16.8 Å². The highest BCUT2D eigenvalue weighted by Crippen LogP contribution is 2.14. The quantitative estimate of drug-likeness (QED) is 0.879. The summed E-state index contributed by atoms with van der Waals surface area (Å²) in [4.78, 5) is 22.5. The van der Waals surface area contributed by atoms with Crippen LogP contribution < -0.4 is 5.32 Å². The number of carbonyl (C=O) groups excluding carboxylic acids is 1. The van der Waals surface area contributed by atoms with Gasteiger partial charge in [0.25, 0.3) is 0 Å². The van der Waals surface area contributed by atoms with Crippen LogP contribution in [-0.4, -0.2) is 17.0 Å². The number of furan rings is 1. The van der Waals surface area contributed by atoms with E-state index in [9.17, 15) is 9.59 Å². The summed E-state index contributed by atoms with van der Waals surface area (Å²) < 4.78 is 5.27. The highest BCUT2D eigenvalue weighted by atomic mass is 32.1. The number of aromatic carboxylic acids is 1. The lowest BCUT2D eigenvalue weighted by molar-refractivity contribution is -0.120. The molecule has 1 amide bonds. The summed E-state index contributed by atoms with van der Waals surface area (Å²) in [6.45, 7) is 1.78. The summed E-state index contributed by atoms with van der Waals surface area (Å²) in [7, 11) is 0. The van der Waals surface area contributed by atoms with E-state index in [-0.39, 0.29) is 18.0 Å². The van der Waals surface area contributed by atoms with Gasteiger partial charge in [0.05, 0.1) is 13.0 Å². The van der Waals surface area contributed by atoms with E-state index in [0.29, 0.717) is 17.9 Å². The number of thiophene rings is 1. The minimum atomic E-state index is -1.03. The van der Waals surface area contributed by atoms with E-state index in [2.05, 4.69) is 5.32 Å². The van der Waals surface area contributed by atoms with E-state index < -0.39 is 5.97 Å². The molecule has 0 aromatic carbocycles. The molecule has 6 heteroatoms. The first-order valence-corrected chi connectivity index (χ1v) is 6.61. The molecule has 0 atom stereocenters. The van der Waals surface area contributed by atoms with E-state index in [4.69, 9.17) is 9.52 Å². The number of amides is 1. The van der Waals surface area contributed by atoms with Crippen LogP contribution in [0.1, 0.15) is 27.4 Å². The summed E-state index contributed by atoms with van der Waals surface area (Å²) in [6.07, 6.45) is 0.314. The van der Waals surface area contributed by atoms with Gasteiger partial charge in [-0.2, -0.15) is 11.3 Å². The monoisotopic (exact) mass is 279 g/mol. The molecule has 100 valence electrons. The molecule has 2 aromatic rings. The average molecular weight is 279 g/mol. The highest BCUT2D eigenvalue weighted by molar-refractivity contribution is 7.07. The number of carboxylic acids is 1. The second-order valence-electron chi connectivity index (χ2n) is 4.07. The second kappa shape index (κ2) is 5.71. The summed E-state index contributed by atoms with van der Waals surface area (Å²) in [5.74, 6) is -0.371. The van der Waals surface area contributed by atoms with E-state index in [0.717, 1.165) is 5.56 Å². The highest BCUT2D eigenvalue weighted by Gasteiger charge is 2.14. The molecule has 2 N–H and O–H groups in total. The van der Waals surface area contributed by atoms with Crippen LogP contribution in [0.3, 0.4) is 0 Å². The molecule has 0 fully saturated rings. The smallest absolute Gasteiger partial charge is 0.339 e. The molecule has 2 heterocycles. The molecule has 0 aliphatic heterocycles. The normalized spacial score (nSPS) is 10.4. The number of nitrogens with one attached hydrogen (secondary N) is 1. The van der Waals surface area contributed by atoms with Gasteiger partial charge in [-0.15, -0.1) is 0 Å². The summed E-state index contributed by atoms with van der Waals surface area (Å²) in [5.41, 5.74) is 1.09. The maximum atomic E-state index is 11.6. The van der Waals surface area contributed by atoms with Crippen LogP contribution >= 0.6 is 11.3 Å². The van der Waals surface area contributed by atoms with Gasteiger partial charge in [-0.05, 0) is 35.4 Å².